The average Bonchev–Trinajstić information content (AvgIpc) is 3.16. The highest BCUT2D eigenvalue weighted by Gasteiger charge is 2.27. The van der Waals surface area contributed by atoms with Crippen molar-refractivity contribution in [2.45, 2.75) is 44.6 Å². The number of carbonyl (C=O) groups is 1. The predicted octanol–water partition coefficient (Wildman–Crippen LogP) is 3.31. The summed E-state index contributed by atoms with van der Waals surface area (Å²) in [6.07, 6.45) is 4.68. The van der Waals surface area contributed by atoms with Crippen molar-refractivity contribution in [2.75, 3.05) is 0 Å². The van der Waals surface area contributed by atoms with Gasteiger partial charge in [-0.15, -0.1) is 0 Å². The second-order valence-corrected chi connectivity index (χ2v) is 5.36. The summed E-state index contributed by atoms with van der Waals surface area (Å²) >= 11 is 0. The summed E-state index contributed by atoms with van der Waals surface area (Å²) in [5, 5.41) is 8.65. The molecule has 1 heterocycles. The molecule has 0 atom stereocenters. The number of carboxylic acid groups (broad SMARTS) is 1. The van der Waals surface area contributed by atoms with Gasteiger partial charge in [0.15, 0.2) is 0 Å². The smallest absolute Gasteiger partial charge is 0.303 e. The molecule has 0 aliphatic heterocycles. The summed E-state index contributed by atoms with van der Waals surface area (Å²) in [4.78, 5) is 15.0. The van der Waals surface area contributed by atoms with Gasteiger partial charge in [-0.25, -0.2) is 9.37 Å². The molecule has 1 aliphatic rings. The molecular formula is C15H17FN2O2. The van der Waals surface area contributed by atoms with Crippen molar-refractivity contribution in [2.24, 2.45) is 0 Å². The van der Waals surface area contributed by atoms with Crippen LogP contribution in [0.25, 0.3) is 11.0 Å². The van der Waals surface area contributed by atoms with Crippen molar-refractivity contribution in [1.82, 2.24) is 9.55 Å². The molecule has 3 rings (SSSR count). The van der Waals surface area contributed by atoms with Crippen LogP contribution in [-0.4, -0.2) is 20.6 Å². The Morgan fingerprint density at radius 3 is 2.90 bits per heavy atom. The molecule has 106 valence electrons. The van der Waals surface area contributed by atoms with Gasteiger partial charge in [0.1, 0.15) is 11.6 Å². The molecule has 1 fully saturated rings. The van der Waals surface area contributed by atoms with Gasteiger partial charge in [0, 0.05) is 24.9 Å². The van der Waals surface area contributed by atoms with Crippen LogP contribution in [0.15, 0.2) is 18.2 Å². The number of benzene rings is 1. The Balaban J connectivity index is 1.82. The van der Waals surface area contributed by atoms with E-state index >= 15 is 0 Å². The number of carboxylic acids is 1. The van der Waals surface area contributed by atoms with Gasteiger partial charge in [-0.1, -0.05) is 0 Å². The topological polar surface area (TPSA) is 55.1 Å². The predicted molar refractivity (Wildman–Crippen MR) is 73.2 cm³/mol. The maximum atomic E-state index is 13.3. The standard InChI is InChI=1S/C15H17FN2O2/c16-10-5-8-13-12(9-10)17-14(18(13)11-6-7-11)3-1-2-4-15(19)20/h5,8-9,11H,1-4,6-7H2,(H,19,20). The maximum Gasteiger partial charge on any atom is 0.303 e. The minimum Gasteiger partial charge on any atom is -0.481 e. The van der Waals surface area contributed by atoms with Crippen LogP contribution in [-0.2, 0) is 11.2 Å². The van der Waals surface area contributed by atoms with E-state index in [2.05, 4.69) is 9.55 Å². The third kappa shape index (κ3) is 2.66. The number of fused-ring (bicyclic) bond motifs is 1. The monoisotopic (exact) mass is 276 g/mol. The summed E-state index contributed by atoms with van der Waals surface area (Å²) in [7, 11) is 0. The zero-order valence-corrected chi connectivity index (χ0v) is 11.2. The molecule has 4 nitrogen and oxygen atoms in total. The van der Waals surface area contributed by atoms with Crippen molar-refractivity contribution in [3.8, 4) is 0 Å². The first-order valence-electron chi connectivity index (χ1n) is 7.03. The SMILES string of the molecule is O=C(O)CCCCc1nc2cc(F)ccc2n1C1CC1. The molecule has 0 radical (unpaired) electrons. The Kier molecular flexibility index (Phi) is 3.42. The number of rotatable bonds is 6. The number of aryl methyl sites for hydroxylation is 1. The van der Waals surface area contributed by atoms with Crippen molar-refractivity contribution in [1.29, 1.82) is 0 Å². The lowest BCUT2D eigenvalue weighted by molar-refractivity contribution is -0.137. The van der Waals surface area contributed by atoms with E-state index in [1.54, 1.807) is 6.07 Å². The number of hydrogen-bond acceptors (Lipinski definition) is 2. The fourth-order valence-electron chi connectivity index (χ4n) is 2.60. The Morgan fingerprint density at radius 2 is 2.20 bits per heavy atom. The highest BCUT2D eigenvalue weighted by molar-refractivity contribution is 5.76. The van der Waals surface area contributed by atoms with Crippen LogP contribution >= 0.6 is 0 Å². The lowest BCUT2D eigenvalue weighted by Crippen LogP contribution is -2.02. The number of halogens is 1. The van der Waals surface area contributed by atoms with Crippen LogP contribution in [0, 0.1) is 5.82 Å². The summed E-state index contributed by atoms with van der Waals surface area (Å²) in [5.41, 5.74) is 1.69. The fraction of sp³-hybridized carbons (Fsp3) is 0.467. The maximum absolute atomic E-state index is 13.3. The second kappa shape index (κ2) is 5.23. The van der Waals surface area contributed by atoms with E-state index in [-0.39, 0.29) is 12.2 Å². The third-order valence-corrected chi connectivity index (χ3v) is 3.68. The van der Waals surface area contributed by atoms with E-state index in [9.17, 15) is 9.18 Å². The molecule has 0 bridgehead atoms. The van der Waals surface area contributed by atoms with Gasteiger partial charge in [-0.2, -0.15) is 0 Å². The van der Waals surface area contributed by atoms with E-state index in [1.165, 1.54) is 12.1 Å². The molecule has 1 saturated carbocycles. The molecule has 0 amide bonds. The molecule has 1 aliphatic carbocycles. The summed E-state index contributed by atoms with van der Waals surface area (Å²) in [6, 6.07) is 5.21. The number of aliphatic carboxylic acids is 1. The van der Waals surface area contributed by atoms with Crippen LogP contribution < -0.4 is 0 Å². The van der Waals surface area contributed by atoms with E-state index in [4.69, 9.17) is 5.11 Å². The first-order chi connectivity index (χ1) is 9.65. The number of nitrogens with zero attached hydrogens (tertiary/aromatic N) is 2. The second-order valence-electron chi connectivity index (χ2n) is 5.36. The summed E-state index contributed by atoms with van der Waals surface area (Å²) < 4.78 is 15.5. The minimum absolute atomic E-state index is 0.193. The number of imidazole rings is 1. The van der Waals surface area contributed by atoms with Crippen LogP contribution in [0.2, 0.25) is 0 Å². The zero-order chi connectivity index (χ0) is 14.1. The van der Waals surface area contributed by atoms with Gasteiger partial charge in [-0.3, -0.25) is 4.79 Å². The molecule has 0 unspecified atom stereocenters. The van der Waals surface area contributed by atoms with E-state index in [0.29, 0.717) is 18.0 Å². The van der Waals surface area contributed by atoms with Gasteiger partial charge >= 0.3 is 5.97 Å². The molecule has 5 heteroatoms. The first kappa shape index (κ1) is 13.1. The van der Waals surface area contributed by atoms with E-state index in [1.807, 2.05) is 0 Å². The molecule has 1 aromatic heterocycles. The van der Waals surface area contributed by atoms with E-state index < -0.39 is 5.97 Å². The van der Waals surface area contributed by atoms with Crippen molar-refractivity contribution in [3.05, 3.63) is 29.8 Å². The first-order valence-corrected chi connectivity index (χ1v) is 7.03. The Morgan fingerprint density at radius 1 is 1.40 bits per heavy atom. The Bertz CT molecular complexity index is 647. The zero-order valence-electron chi connectivity index (χ0n) is 11.2. The van der Waals surface area contributed by atoms with Crippen molar-refractivity contribution >= 4 is 17.0 Å². The van der Waals surface area contributed by atoms with Gasteiger partial charge in [0.2, 0.25) is 0 Å². The largest absolute Gasteiger partial charge is 0.481 e. The lowest BCUT2D eigenvalue weighted by atomic mass is 10.2. The summed E-state index contributed by atoms with van der Waals surface area (Å²) in [5.74, 6) is -0.0726. The highest BCUT2D eigenvalue weighted by Crippen LogP contribution is 2.39. The molecule has 1 aromatic carbocycles. The molecule has 1 N–H and O–H groups in total. The fourth-order valence-corrected chi connectivity index (χ4v) is 2.60. The number of unbranched alkanes of at least 4 members (excludes halogenated alkanes) is 1. The molecule has 0 saturated heterocycles. The highest BCUT2D eigenvalue weighted by atomic mass is 19.1. The molecule has 0 spiro atoms. The van der Waals surface area contributed by atoms with Crippen LogP contribution in [0.4, 0.5) is 4.39 Å². The Labute approximate surface area is 116 Å². The third-order valence-electron chi connectivity index (χ3n) is 3.68. The van der Waals surface area contributed by atoms with Gasteiger partial charge < -0.3 is 9.67 Å². The van der Waals surface area contributed by atoms with Crippen molar-refractivity contribution < 1.29 is 14.3 Å². The minimum atomic E-state index is -0.761. The van der Waals surface area contributed by atoms with Gasteiger partial charge in [0.25, 0.3) is 0 Å². The normalized spacial score (nSPS) is 14.8. The van der Waals surface area contributed by atoms with Gasteiger partial charge in [-0.05, 0) is 37.8 Å². The van der Waals surface area contributed by atoms with Crippen molar-refractivity contribution in [3.63, 3.8) is 0 Å². The van der Waals surface area contributed by atoms with Crippen LogP contribution in [0.1, 0.15) is 44.0 Å². The molecule has 2 aromatic rings. The number of aromatic nitrogens is 2. The number of hydrogen-bond donors (Lipinski definition) is 1. The average molecular weight is 276 g/mol. The lowest BCUT2D eigenvalue weighted by Gasteiger charge is -2.07. The quantitative estimate of drug-likeness (QED) is 0.823. The Hall–Kier alpha value is -1.91. The van der Waals surface area contributed by atoms with Crippen LogP contribution in [0.5, 0.6) is 0 Å². The van der Waals surface area contributed by atoms with Crippen LogP contribution in [0.3, 0.4) is 0 Å². The van der Waals surface area contributed by atoms with Gasteiger partial charge in [0.05, 0.1) is 11.0 Å². The molecular weight excluding hydrogens is 259 g/mol. The van der Waals surface area contributed by atoms with E-state index in [0.717, 1.165) is 37.0 Å². The molecule has 20 heavy (non-hydrogen) atoms. The summed E-state index contributed by atoms with van der Waals surface area (Å²) in [6.45, 7) is 0.